The van der Waals surface area contributed by atoms with Crippen LogP contribution >= 0.6 is 0 Å². The minimum Gasteiger partial charge on any atom is -0.462 e. The van der Waals surface area contributed by atoms with Crippen LogP contribution < -0.4 is 0 Å². The Hall–Kier alpha value is -3.15. The molecule has 6 heteroatoms. The molecule has 0 aromatic heterocycles. The van der Waals surface area contributed by atoms with Crippen molar-refractivity contribution in [1.29, 1.82) is 0 Å². The van der Waals surface area contributed by atoms with Gasteiger partial charge in [0.05, 0.1) is 0 Å². The zero-order valence-electron chi connectivity index (χ0n) is 49.1. The average Bonchev–Trinajstić information content (AvgIpc) is 3.40. The van der Waals surface area contributed by atoms with Crippen molar-refractivity contribution >= 4 is 17.9 Å². The molecule has 0 heterocycles. The van der Waals surface area contributed by atoms with Crippen LogP contribution in [0.25, 0.3) is 0 Å². The van der Waals surface area contributed by atoms with Crippen LogP contribution in [-0.4, -0.2) is 37.2 Å². The normalized spacial score (nSPS) is 12.5. The molecule has 428 valence electrons. The lowest BCUT2D eigenvalue weighted by atomic mass is 10.0. The Kier molecular flexibility index (Phi) is 59.7. The molecule has 0 fully saturated rings. The number of unbranched alkanes of at least 4 members (excludes halogenated alkanes) is 35. The molecule has 0 amide bonds. The van der Waals surface area contributed by atoms with Crippen LogP contribution in [0.15, 0.2) is 72.9 Å². The van der Waals surface area contributed by atoms with Crippen molar-refractivity contribution in [2.45, 2.75) is 329 Å². The average molecular weight is 1030 g/mol. The maximum Gasteiger partial charge on any atom is 0.306 e. The Morgan fingerprint density at radius 2 is 0.527 bits per heavy atom. The van der Waals surface area contributed by atoms with Gasteiger partial charge in [-0.05, 0) is 89.9 Å². The van der Waals surface area contributed by atoms with Crippen molar-refractivity contribution in [2.75, 3.05) is 13.2 Å². The van der Waals surface area contributed by atoms with Crippen LogP contribution in [0.1, 0.15) is 323 Å². The summed E-state index contributed by atoms with van der Waals surface area (Å²) in [4.78, 5) is 38.0. The first-order valence-corrected chi connectivity index (χ1v) is 31.9. The lowest BCUT2D eigenvalue weighted by molar-refractivity contribution is -0.167. The van der Waals surface area contributed by atoms with Gasteiger partial charge in [-0.15, -0.1) is 0 Å². The Balaban J connectivity index is 4.01. The minimum absolute atomic E-state index is 0.0731. The fourth-order valence-electron chi connectivity index (χ4n) is 9.17. The van der Waals surface area contributed by atoms with Crippen LogP contribution in [0, 0.1) is 0 Å². The van der Waals surface area contributed by atoms with E-state index in [4.69, 9.17) is 14.2 Å². The summed E-state index contributed by atoms with van der Waals surface area (Å²) in [6.45, 7) is 6.47. The van der Waals surface area contributed by atoms with Crippen molar-refractivity contribution in [1.82, 2.24) is 0 Å². The van der Waals surface area contributed by atoms with E-state index < -0.39 is 6.10 Å². The lowest BCUT2D eigenvalue weighted by Gasteiger charge is -2.18. The van der Waals surface area contributed by atoms with E-state index in [9.17, 15) is 14.4 Å². The summed E-state index contributed by atoms with van der Waals surface area (Å²) in [6, 6.07) is 0. The molecule has 0 bridgehead atoms. The lowest BCUT2D eigenvalue weighted by Crippen LogP contribution is -2.30. The number of rotatable bonds is 58. The molecule has 74 heavy (non-hydrogen) atoms. The van der Waals surface area contributed by atoms with Gasteiger partial charge in [0.1, 0.15) is 13.2 Å². The number of hydrogen-bond acceptors (Lipinski definition) is 6. The van der Waals surface area contributed by atoms with Crippen LogP contribution in [0.4, 0.5) is 0 Å². The number of hydrogen-bond donors (Lipinski definition) is 0. The number of carbonyl (C=O) groups is 3. The molecule has 0 N–H and O–H groups in total. The highest BCUT2D eigenvalue weighted by molar-refractivity contribution is 5.71. The van der Waals surface area contributed by atoms with E-state index in [-0.39, 0.29) is 31.1 Å². The maximum absolute atomic E-state index is 12.8. The van der Waals surface area contributed by atoms with Gasteiger partial charge in [0.25, 0.3) is 0 Å². The second kappa shape index (κ2) is 62.4. The maximum atomic E-state index is 12.8. The van der Waals surface area contributed by atoms with E-state index in [1.807, 2.05) is 0 Å². The second-order valence-electron chi connectivity index (χ2n) is 21.3. The summed E-state index contributed by atoms with van der Waals surface area (Å²) in [5.74, 6) is -0.873. The number of esters is 3. The summed E-state index contributed by atoms with van der Waals surface area (Å²) in [6.07, 6.45) is 80.9. The molecular formula is C68H120O6. The first kappa shape index (κ1) is 70.8. The topological polar surface area (TPSA) is 78.9 Å². The third-order valence-electron chi connectivity index (χ3n) is 13.9. The summed E-state index contributed by atoms with van der Waals surface area (Å²) in [7, 11) is 0. The molecule has 0 aliphatic carbocycles. The highest BCUT2D eigenvalue weighted by Gasteiger charge is 2.19. The molecule has 1 unspecified atom stereocenters. The fourth-order valence-corrected chi connectivity index (χ4v) is 9.17. The number of ether oxygens (including phenoxy) is 3. The smallest absolute Gasteiger partial charge is 0.306 e. The summed E-state index contributed by atoms with van der Waals surface area (Å²) in [5, 5.41) is 0. The molecule has 6 nitrogen and oxygen atoms in total. The Labute approximate surface area is 459 Å². The van der Waals surface area contributed by atoms with Gasteiger partial charge in [-0.3, -0.25) is 14.4 Å². The van der Waals surface area contributed by atoms with Gasteiger partial charge in [0, 0.05) is 19.3 Å². The Morgan fingerprint density at radius 3 is 0.851 bits per heavy atom. The molecule has 1 atom stereocenters. The van der Waals surface area contributed by atoms with Gasteiger partial charge in [0.2, 0.25) is 0 Å². The summed E-state index contributed by atoms with van der Waals surface area (Å²) in [5.41, 5.74) is 0. The standard InChI is InChI=1S/C68H120O6/c1-4-7-10-13-16-18-20-22-24-26-28-29-30-31-32-33-34-35-36-37-38-39-41-42-44-46-48-50-52-55-58-61-67(70)73-64-65(63-72-66(69)60-57-54-15-12-9-6-3)74-68(71)62-59-56-53-51-49-47-45-43-40-27-25-23-21-19-17-14-11-8-5-2/h7,10,16-19,22-25,28-29,65H,4-6,8-9,11-15,20-21,26-27,30-64H2,1-3H3/b10-7-,18-16-,19-17-,24-22-,25-23-,29-28-. The molecular weight excluding hydrogens is 913 g/mol. The van der Waals surface area contributed by atoms with E-state index in [2.05, 4.69) is 93.7 Å². The SMILES string of the molecule is CC/C=C\C/C=C\C/C=C\C/C=C\CCCCCCCCCCCCCCCCCCCCC(=O)OCC(COC(=O)CCCCCCCC)OC(=O)CCCCCCCCCCC/C=C\C/C=C\CCCCC. The quantitative estimate of drug-likeness (QED) is 0.0261. The Bertz CT molecular complexity index is 1370. The van der Waals surface area contributed by atoms with Crippen LogP contribution in [-0.2, 0) is 28.6 Å². The molecule has 0 spiro atoms. The molecule has 0 aliphatic rings. The van der Waals surface area contributed by atoms with Gasteiger partial charge in [0.15, 0.2) is 6.10 Å². The van der Waals surface area contributed by atoms with Crippen molar-refractivity contribution in [3.05, 3.63) is 72.9 Å². The van der Waals surface area contributed by atoms with E-state index in [0.29, 0.717) is 19.3 Å². The van der Waals surface area contributed by atoms with E-state index >= 15 is 0 Å². The molecule has 0 rings (SSSR count). The van der Waals surface area contributed by atoms with Gasteiger partial charge < -0.3 is 14.2 Å². The largest absolute Gasteiger partial charge is 0.462 e. The van der Waals surface area contributed by atoms with Gasteiger partial charge >= 0.3 is 17.9 Å². The zero-order valence-corrected chi connectivity index (χ0v) is 49.1. The molecule has 0 aromatic carbocycles. The van der Waals surface area contributed by atoms with E-state index in [0.717, 1.165) is 89.9 Å². The number of allylic oxidation sites excluding steroid dienone is 12. The summed E-state index contributed by atoms with van der Waals surface area (Å²) >= 11 is 0. The van der Waals surface area contributed by atoms with Crippen LogP contribution in [0.5, 0.6) is 0 Å². The van der Waals surface area contributed by atoms with E-state index in [1.54, 1.807) is 0 Å². The highest BCUT2D eigenvalue weighted by Crippen LogP contribution is 2.17. The monoisotopic (exact) mass is 1030 g/mol. The van der Waals surface area contributed by atoms with Crippen molar-refractivity contribution in [3.63, 3.8) is 0 Å². The predicted molar refractivity (Wildman–Crippen MR) is 321 cm³/mol. The molecule has 0 aliphatic heterocycles. The summed E-state index contributed by atoms with van der Waals surface area (Å²) < 4.78 is 16.8. The van der Waals surface area contributed by atoms with Gasteiger partial charge in [-0.2, -0.15) is 0 Å². The minimum atomic E-state index is -0.772. The van der Waals surface area contributed by atoms with Crippen molar-refractivity contribution < 1.29 is 28.6 Å². The predicted octanol–water partition coefficient (Wildman–Crippen LogP) is 21.7. The second-order valence-corrected chi connectivity index (χ2v) is 21.3. The Morgan fingerprint density at radius 1 is 0.284 bits per heavy atom. The molecule has 0 aromatic rings. The van der Waals surface area contributed by atoms with Crippen LogP contribution in [0.3, 0.4) is 0 Å². The van der Waals surface area contributed by atoms with Crippen molar-refractivity contribution in [3.8, 4) is 0 Å². The third-order valence-corrected chi connectivity index (χ3v) is 13.9. The molecule has 0 saturated heterocycles. The van der Waals surface area contributed by atoms with E-state index in [1.165, 1.54) is 193 Å². The molecule has 0 saturated carbocycles. The van der Waals surface area contributed by atoms with Gasteiger partial charge in [-0.1, -0.05) is 286 Å². The van der Waals surface area contributed by atoms with Gasteiger partial charge in [-0.25, -0.2) is 0 Å². The zero-order chi connectivity index (χ0) is 53.6. The first-order valence-electron chi connectivity index (χ1n) is 31.9. The fraction of sp³-hybridized carbons (Fsp3) is 0.779. The highest BCUT2D eigenvalue weighted by atomic mass is 16.6. The first-order chi connectivity index (χ1) is 36.5. The third kappa shape index (κ3) is 59.7. The van der Waals surface area contributed by atoms with Crippen LogP contribution in [0.2, 0.25) is 0 Å². The molecule has 0 radical (unpaired) electrons. The van der Waals surface area contributed by atoms with Crippen molar-refractivity contribution in [2.24, 2.45) is 0 Å². The number of carbonyl (C=O) groups excluding carboxylic acids is 3.